The van der Waals surface area contributed by atoms with Gasteiger partial charge in [0.05, 0.1) is 18.6 Å². The number of fused-ring (bicyclic) bond motifs is 1. The van der Waals surface area contributed by atoms with Crippen LogP contribution < -0.4 is 0 Å². The molecular weight excluding hydrogens is 226 g/mol. The SMILES string of the molecule is CC1=[N+](CCOCCO)c2ccccc2C1(C)C. The van der Waals surface area contributed by atoms with Crippen LogP contribution in [-0.4, -0.2) is 41.8 Å². The van der Waals surface area contributed by atoms with Crippen LogP contribution in [-0.2, 0) is 10.2 Å². The number of ether oxygens (including phenoxy) is 1. The van der Waals surface area contributed by atoms with Crippen LogP contribution in [0, 0.1) is 0 Å². The number of para-hydroxylation sites is 1. The van der Waals surface area contributed by atoms with Crippen LogP contribution in [0.1, 0.15) is 26.3 Å². The molecule has 0 saturated heterocycles. The first-order valence-corrected chi connectivity index (χ1v) is 6.48. The van der Waals surface area contributed by atoms with Crippen LogP contribution in [0.15, 0.2) is 24.3 Å². The minimum atomic E-state index is 0.0881. The molecule has 3 heteroatoms. The lowest BCUT2D eigenvalue weighted by Gasteiger charge is -2.14. The molecule has 0 fully saturated rings. The number of hydrogen-bond donors (Lipinski definition) is 1. The van der Waals surface area contributed by atoms with Crippen molar-refractivity contribution in [3.05, 3.63) is 29.8 Å². The Balaban J connectivity index is 2.21. The van der Waals surface area contributed by atoms with Crippen molar-refractivity contribution in [1.29, 1.82) is 0 Å². The van der Waals surface area contributed by atoms with Crippen LogP contribution >= 0.6 is 0 Å². The fourth-order valence-corrected chi connectivity index (χ4v) is 2.56. The van der Waals surface area contributed by atoms with Crippen molar-refractivity contribution in [3.8, 4) is 0 Å². The summed E-state index contributed by atoms with van der Waals surface area (Å²) in [7, 11) is 0. The second-order valence-corrected chi connectivity index (χ2v) is 5.22. The van der Waals surface area contributed by atoms with Crippen LogP contribution in [0.2, 0.25) is 0 Å². The fraction of sp³-hybridized carbons (Fsp3) is 0.533. The lowest BCUT2D eigenvalue weighted by Crippen LogP contribution is -2.27. The molecule has 1 aromatic rings. The third-order valence-electron chi connectivity index (χ3n) is 3.87. The number of benzene rings is 1. The normalized spacial score (nSPS) is 17.1. The van der Waals surface area contributed by atoms with E-state index in [9.17, 15) is 0 Å². The van der Waals surface area contributed by atoms with Gasteiger partial charge < -0.3 is 9.84 Å². The zero-order valence-electron chi connectivity index (χ0n) is 11.4. The van der Waals surface area contributed by atoms with Crippen LogP contribution in [0.5, 0.6) is 0 Å². The Kier molecular flexibility index (Phi) is 3.83. The number of aliphatic hydroxyl groups excluding tert-OH is 1. The number of nitrogens with zero attached hydrogens (tertiary/aromatic N) is 1. The minimum Gasteiger partial charge on any atom is -0.394 e. The molecule has 0 aliphatic carbocycles. The summed E-state index contributed by atoms with van der Waals surface area (Å²) in [5.41, 5.74) is 4.11. The maximum atomic E-state index is 8.71. The molecule has 0 atom stereocenters. The highest BCUT2D eigenvalue weighted by atomic mass is 16.5. The zero-order valence-corrected chi connectivity index (χ0v) is 11.4. The monoisotopic (exact) mass is 248 g/mol. The standard InChI is InChI=1S/C15H22NO2/c1-12-15(2,3)13-6-4-5-7-14(13)16(12)8-10-18-11-9-17/h4-7,17H,8-11H2,1-3H3/q+1. The summed E-state index contributed by atoms with van der Waals surface area (Å²) in [5, 5.41) is 8.71. The predicted molar refractivity (Wildman–Crippen MR) is 72.8 cm³/mol. The molecule has 1 N–H and O–H groups in total. The zero-order chi connectivity index (χ0) is 13.2. The van der Waals surface area contributed by atoms with Gasteiger partial charge in [0.25, 0.3) is 0 Å². The predicted octanol–water partition coefficient (Wildman–Crippen LogP) is 2.09. The molecule has 98 valence electrons. The van der Waals surface area contributed by atoms with E-state index in [1.807, 2.05) is 0 Å². The Bertz CT molecular complexity index is 463. The van der Waals surface area contributed by atoms with Gasteiger partial charge in [-0.3, -0.25) is 0 Å². The lowest BCUT2D eigenvalue weighted by atomic mass is 9.82. The van der Waals surface area contributed by atoms with Gasteiger partial charge in [-0.05, 0) is 13.8 Å². The Morgan fingerprint density at radius 2 is 1.94 bits per heavy atom. The van der Waals surface area contributed by atoms with Crippen molar-refractivity contribution in [2.45, 2.75) is 26.2 Å². The van der Waals surface area contributed by atoms with Crippen molar-refractivity contribution in [2.75, 3.05) is 26.4 Å². The molecule has 2 rings (SSSR count). The van der Waals surface area contributed by atoms with Crippen LogP contribution in [0.3, 0.4) is 0 Å². The summed E-state index contributed by atoms with van der Waals surface area (Å²) in [4.78, 5) is 0. The molecule has 0 spiro atoms. The molecule has 18 heavy (non-hydrogen) atoms. The van der Waals surface area contributed by atoms with Gasteiger partial charge in [0.2, 0.25) is 5.69 Å². The van der Waals surface area contributed by atoms with Gasteiger partial charge in [0, 0.05) is 18.6 Å². The molecule has 0 aromatic heterocycles. The summed E-state index contributed by atoms with van der Waals surface area (Å²) in [6, 6.07) is 8.54. The number of rotatable bonds is 5. The largest absolute Gasteiger partial charge is 0.394 e. The van der Waals surface area contributed by atoms with E-state index in [0.29, 0.717) is 13.2 Å². The molecule has 0 bridgehead atoms. The summed E-state index contributed by atoms with van der Waals surface area (Å²) in [6.07, 6.45) is 0. The van der Waals surface area contributed by atoms with Gasteiger partial charge in [-0.15, -0.1) is 0 Å². The van der Waals surface area contributed by atoms with Crippen molar-refractivity contribution in [1.82, 2.24) is 0 Å². The summed E-state index contributed by atoms with van der Waals surface area (Å²) >= 11 is 0. The maximum Gasteiger partial charge on any atom is 0.209 e. The van der Waals surface area contributed by atoms with E-state index >= 15 is 0 Å². The molecular formula is C15H22NO2+. The summed E-state index contributed by atoms with van der Waals surface area (Å²) in [6.45, 7) is 8.69. The molecule has 1 aliphatic rings. The van der Waals surface area contributed by atoms with Gasteiger partial charge in [0.15, 0.2) is 12.3 Å². The van der Waals surface area contributed by atoms with Crippen molar-refractivity contribution in [2.24, 2.45) is 0 Å². The second-order valence-electron chi connectivity index (χ2n) is 5.22. The summed E-state index contributed by atoms with van der Waals surface area (Å²) < 4.78 is 7.70. The highest BCUT2D eigenvalue weighted by Gasteiger charge is 2.42. The Morgan fingerprint density at radius 3 is 2.67 bits per heavy atom. The van der Waals surface area contributed by atoms with E-state index < -0.39 is 0 Å². The topological polar surface area (TPSA) is 32.5 Å². The quantitative estimate of drug-likeness (QED) is 0.639. The first-order valence-electron chi connectivity index (χ1n) is 6.48. The van der Waals surface area contributed by atoms with Gasteiger partial charge in [-0.2, -0.15) is 4.58 Å². The van der Waals surface area contributed by atoms with E-state index in [4.69, 9.17) is 9.84 Å². The minimum absolute atomic E-state index is 0.0881. The maximum absolute atomic E-state index is 8.71. The van der Waals surface area contributed by atoms with Crippen molar-refractivity contribution < 1.29 is 14.4 Å². The first kappa shape index (κ1) is 13.2. The molecule has 1 heterocycles. The third kappa shape index (κ3) is 2.20. The smallest absolute Gasteiger partial charge is 0.209 e. The summed E-state index contributed by atoms with van der Waals surface area (Å²) in [5.74, 6) is 0. The molecule has 1 aliphatic heterocycles. The van der Waals surface area contributed by atoms with E-state index in [2.05, 4.69) is 49.6 Å². The molecule has 0 radical (unpaired) electrons. The van der Waals surface area contributed by atoms with E-state index in [0.717, 1.165) is 6.54 Å². The highest BCUT2D eigenvalue weighted by molar-refractivity contribution is 5.93. The molecule has 0 saturated carbocycles. The van der Waals surface area contributed by atoms with Crippen molar-refractivity contribution in [3.63, 3.8) is 0 Å². The van der Waals surface area contributed by atoms with Crippen LogP contribution in [0.4, 0.5) is 5.69 Å². The van der Waals surface area contributed by atoms with Crippen molar-refractivity contribution >= 4 is 11.4 Å². The molecule has 0 unspecified atom stereocenters. The van der Waals surface area contributed by atoms with E-state index in [-0.39, 0.29) is 12.0 Å². The van der Waals surface area contributed by atoms with Gasteiger partial charge in [0.1, 0.15) is 6.61 Å². The molecule has 0 amide bonds. The molecule has 3 nitrogen and oxygen atoms in total. The van der Waals surface area contributed by atoms with Gasteiger partial charge in [-0.25, -0.2) is 0 Å². The average Bonchev–Trinajstić information content (AvgIpc) is 2.56. The number of hydrogen-bond acceptors (Lipinski definition) is 2. The van der Waals surface area contributed by atoms with E-state index in [1.165, 1.54) is 17.0 Å². The second kappa shape index (κ2) is 5.21. The van der Waals surface area contributed by atoms with E-state index in [1.54, 1.807) is 0 Å². The Morgan fingerprint density at radius 1 is 1.22 bits per heavy atom. The third-order valence-corrected chi connectivity index (χ3v) is 3.87. The lowest BCUT2D eigenvalue weighted by molar-refractivity contribution is -0.443. The van der Waals surface area contributed by atoms with Gasteiger partial charge >= 0.3 is 0 Å². The van der Waals surface area contributed by atoms with Crippen LogP contribution in [0.25, 0.3) is 0 Å². The Hall–Kier alpha value is -1.19. The number of aliphatic hydroxyl groups is 1. The first-order chi connectivity index (χ1) is 8.59. The molecule has 1 aromatic carbocycles. The fourth-order valence-electron chi connectivity index (χ4n) is 2.56. The van der Waals surface area contributed by atoms with Gasteiger partial charge in [-0.1, -0.05) is 18.2 Å². The Labute approximate surface area is 109 Å². The average molecular weight is 248 g/mol. The highest BCUT2D eigenvalue weighted by Crippen LogP contribution is 2.38.